The van der Waals surface area contributed by atoms with Gasteiger partial charge in [0.15, 0.2) is 5.71 Å². The van der Waals surface area contributed by atoms with Gasteiger partial charge in [-0.05, 0) is 129 Å². The summed E-state index contributed by atoms with van der Waals surface area (Å²) in [6, 6.07) is 21.1. The number of benzene rings is 3. The molecule has 350 valence electrons. The van der Waals surface area contributed by atoms with E-state index in [4.69, 9.17) is 0 Å². The lowest BCUT2D eigenvalue weighted by molar-refractivity contribution is -0.438. The largest absolute Gasteiger partial charge is 0.481 e. The quantitative estimate of drug-likeness (QED) is 0.0475. The third kappa shape index (κ3) is 12.2. The molecule has 4 N–H and O–H groups in total. The van der Waals surface area contributed by atoms with Crippen LogP contribution in [0.1, 0.15) is 114 Å². The molecule has 0 bridgehead atoms. The van der Waals surface area contributed by atoms with Crippen LogP contribution in [0.25, 0.3) is 5.57 Å². The highest BCUT2D eigenvalue weighted by Crippen LogP contribution is 2.49. The Morgan fingerprint density at radius 2 is 1.45 bits per heavy atom. The summed E-state index contributed by atoms with van der Waals surface area (Å²) in [4.78, 5) is 13.1. The minimum atomic E-state index is -4.50. The fourth-order valence-electron chi connectivity index (χ4n) is 9.52. The Hall–Kier alpha value is -4.71. The van der Waals surface area contributed by atoms with Gasteiger partial charge >= 0.3 is 5.97 Å². The average Bonchev–Trinajstić information content (AvgIpc) is 3.57. The van der Waals surface area contributed by atoms with Gasteiger partial charge in [-0.25, -0.2) is 0 Å². The highest BCUT2D eigenvalue weighted by atomic mass is 32.2. The second-order valence-electron chi connectivity index (χ2n) is 18.2. The Labute approximate surface area is 384 Å². The Morgan fingerprint density at radius 1 is 0.738 bits per heavy atom. The first-order chi connectivity index (χ1) is 30.5. The van der Waals surface area contributed by atoms with Crippen molar-refractivity contribution in [2.75, 3.05) is 29.5 Å². The second-order valence-corrected chi connectivity index (χ2v) is 22.8. The number of unbranched alkanes of at least 4 members (excludes halogenated alkanes) is 3. The van der Waals surface area contributed by atoms with Crippen molar-refractivity contribution in [1.82, 2.24) is 0 Å². The van der Waals surface area contributed by atoms with E-state index in [2.05, 4.69) is 71.9 Å². The fourth-order valence-corrected chi connectivity index (χ4v) is 11.2. The summed E-state index contributed by atoms with van der Waals surface area (Å²) in [5.74, 6) is -1.52. The van der Waals surface area contributed by atoms with Gasteiger partial charge in [0.1, 0.15) is 6.54 Å². The third-order valence-electron chi connectivity index (χ3n) is 12.8. The Bertz CT molecular complexity index is 2820. The molecular formula is C49H61N2O11S3+. The number of para-hydroxylation sites is 1. The van der Waals surface area contributed by atoms with Gasteiger partial charge in [-0.1, -0.05) is 68.5 Å². The Kier molecular flexibility index (Phi) is 15.3. The van der Waals surface area contributed by atoms with E-state index in [1.807, 2.05) is 38.1 Å². The number of hydrogen-bond acceptors (Lipinski definition) is 8. The number of carboxylic acid groups (broad SMARTS) is 1. The molecule has 0 fully saturated rings. The van der Waals surface area contributed by atoms with Crippen molar-refractivity contribution >= 4 is 59.0 Å². The third-order valence-corrected chi connectivity index (χ3v) is 15.2. The maximum absolute atomic E-state index is 12.3. The number of allylic oxidation sites excluding steroid dienone is 8. The summed E-state index contributed by atoms with van der Waals surface area (Å²) < 4.78 is 102. The number of carbonyl (C=O) groups is 1. The number of aryl methyl sites for hydroxylation is 1. The number of rotatable bonds is 20. The molecule has 0 aromatic heterocycles. The van der Waals surface area contributed by atoms with E-state index in [0.717, 1.165) is 81.9 Å². The smallest absolute Gasteiger partial charge is 0.303 e. The van der Waals surface area contributed by atoms with Gasteiger partial charge in [0, 0.05) is 53.9 Å². The van der Waals surface area contributed by atoms with Gasteiger partial charge in [0.25, 0.3) is 30.4 Å². The van der Waals surface area contributed by atoms with Crippen molar-refractivity contribution in [3.63, 3.8) is 0 Å². The van der Waals surface area contributed by atoms with Crippen molar-refractivity contribution in [3.05, 3.63) is 130 Å². The van der Waals surface area contributed by atoms with Crippen LogP contribution in [0.4, 0.5) is 11.4 Å². The van der Waals surface area contributed by atoms with Gasteiger partial charge in [0.2, 0.25) is 5.69 Å². The predicted octanol–water partition coefficient (Wildman–Crippen LogP) is 9.24. The number of fused-ring (bicyclic) bond motifs is 2. The molecular weight excluding hydrogens is 889 g/mol. The van der Waals surface area contributed by atoms with E-state index < -0.39 is 41.7 Å². The number of aliphatic carboxylic acids is 1. The van der Waals surface area contributed by atoms with Gasteiger partial charge in [-0.3, -0.25) is 18.5 Å². The minimum absolute atomic E-state index is 0.104. The summed E-state index contributed by atoms with van der Waals surface area (Å²) in [5.41, 5.74) is 9.76. The first-order valence-corrected chi connectivity index (χ1v) is 26.8. The van der Waals surface area contributed by atoms with Crippen LogP contribution in [0, 0.1) is 0 Å². The van der Waals surface area contributed by atoms with Crippen LogP contribution in [0.2, 0.25) is 0 Å². The van der Waals surface area contributed by atoms with Gasteiger partial charge < -0.3 is 10.0 Å². The van der Waals surface area contributed by atoms with Crippen molar-refractivity contribution in [2.24, 2.45) is 0 Å². The molecule has 0 saturated carbocycles. The molecule has 0 unspecified atom stereocenters. The maximum Gasteiger partial charge on any atom is 0.303 e. The van der Waals surface area contributed by atoms with Crippen LogP contribution in [-0.4, -0.2) is 84.9 Å². The predicted molar refractivity (Wildman–Crippen MR) is 255 cm³/mol. The van der Waals surface area contributed by atoms with E-state index in [9.17, 15) is 48.8 Å². The van der Waals surface area contributed by atoms with Crippen molar-refractivity contribution in [1.29, 1.82) is 0 Å². The van der Waals surface area contributed by atoms with Crippen LogP contribution in [0.3, 0.4) is 0 Å². The van der Waals surface area contributed by atoms with Crippen LogP contribution in [0.15, 0.2) is 113 Å². The summed E-state index contributed by atoms with van der Waals surface area (Å²) >= 11 is 0. The SMILES string of the molecule is CC1(C)C(/C=C/C2=C(c3cccc(CCCCC(=O)O)c3)C(=C/C=C3/N(CCCCS(=O)(=O)O)c4ccc(S(=O)(=O)O)cc4C3(C)C)/CCC2)=[N+](CCCCS(=O)(=O)O)c2ccccc21. The standard InChI is InChI=1S/C49H60N2O11S3/c1-48(2)40-20-6-7-21-42(40)50(29-9-11-31-63(54,55)56)44(48)27-23-36-17-14-18-37(47(36)38-19-13-16-35(33-38)15-5-8-22-46(52)53)24-28-45-49(3,4)41-34-39(65(60,61)62)25-26-43(41)51(45)30-10-12-32-64(57,58)59/h6-7,13,16,19-21,23-28,33-34H,5,8-12,14-15,17-18,22,29-32H2,1-4H3,(H3-,52,53,54,55,56,57,58,59,60,61,62)/p+1. The zero-order valence-corrected chi connectivity index (χ0v) is 40.0. The summed E-state index contributed by atoms with van der Waals surface area (Å²) in [6.45, 7) is 9.26. The Balaban J connectivity index is 1.47. The molecule has 2 aliphatic heterocycles. The molecule has 0 saturated heterocycles. The van der Waals surface area contributed by atoms with E-state index >= 15 is 0 Å². The summed E-state index contributed by atoms with van der Waals surface area (Å²) in [6.07, 6.45) is 14.5. The molecule has 65 heavy (non-hydrogen) atoms. The van der Waals surface area contributed by atoms with Crippen molar-refractivity contribution in [3.8, 4) is 0 Å². The maximum atomic E-state index is 12.3. The molecule has 13 nitrogen and oxygen atoms in total. The summed E-state index contributed by atoms with van der Waals surface area (Å²) in [5, 5.41) is 9.22. The van der Waals surface area contributed by atoms with E-state index in [0.29, 0.717) is 50.8 Å². The van der Waals surface area contributed by atoms with Crippen LogP contribution < -0.4 is 4.90 Å². The monoisotopic (exact) mass is 949 g/mol. The van der Waals surface area contributed by atoms with E-state index in [-0.39, 0.29) is 34.7 Å². The van der Waals surface area contributed by atoms with Gasteiger partial charge in [0.05, 0.1) is 21.8 Å². The topological polar surface area (TPSA) is 207 Å². The van der Waals surface area contributed by atoms with E-state index in [1.54, 1.807) is 6.07 Å². The number of nitrogens with zero attached hydrogens (tertiary/aromatic N) is 2. The number of anilines is 1. The van der Waals surface area contributed by atoms with Gasteiger partial charge in [-0.2, -0.15) is 29.8 Å². The average molecular weight is 950 g/mol. The molecule has 0 atom stereocenters. The van der Waals surface area contributed by atoms with Crippen LogP contribution in [0.5, 0.6) is 0 Å². The Morgan fingerprint density at radius 3 is 2.14 bits per heavy atom. The van der Waals surface area contributed by atoms with Gasteiger partial charge in [-0.15, -0.1) is 0 Å². The second kappa shape index (κ2) is 20.0. The lowest BCUT2D eigenvalue weighted by Gasteiger charge is -2.28. The first kappa shape index (κ1) is 49.7. The molecule has 0 radical (unpaired) electrons. The molecule has 0 spiro atoms. The molecule has 3 aromatic rings. The van der Waals surface area contributed by atoms with Crippen molar-refractivity contribution < 1.29 is 53.4 Å². The van der Waals surface area contributed by atoms with Crippen LogP contribution in [-0.2, 0) is 52.4 Å². The zero-order chi connectivity index (χ0) is 47.4. The van der Waals surface area contributed by atoms with Crippen LogP contribution >= 0.6 is 0 Å². The highest BCUT2D eigenvalue weighted by Gasteiger charge is 2.44. The fraction of sp³-hybridized carbons (Fsp3) is 0.429. The zero-order valence-electron chi connectivity index (χ0n) is 37.5. The number of hydrogen-bond donors (Lipinski definition) is 4. The number of carboxylic acids is 1. The normalized spacial score (nSPS) is 18.6. The molecule has 3 aliphatic rings. The lowest BCUT2D eigenvalue weighted by atomic mass is 9.79. The van der Waals surface area contributed by atoms with E-state index in [1.165, 1.54) is 12.1 Å². The highest BCUT2D eigenvalue weighted by molar-refractivity contribution is 7.86. The molecule has 0 amide bonds. The minimum Gasteiger partial charge on any atom is -0.481 e. The molecule has 3 aromatic carbocycles. The molecule has 1 aliphatic carbocycles. The molecule has 6 rings (SSSR count). The first-order valence-electron chi connectivity index (χ1n) is 22.2. The molecule has 16 heteroatoms. The molecule has 2 heterocycles. The summed E-state index contributed by atoms with van der Waals surface area (Å²) in [7, 11) is -12.8. The lowest BCUT2D eigenvalue weighted by Crippen LogP contribution is -2.28. The van der Waals surface area contributed by atoms with Crippen molar-refractivity contribution in [2.45, 2.75) is 114 Å².